The number of aromatic nitrogens is 2. The van der Waals surface area contributed by atoms with E-state index in [0.29, 0.717) is 16.9 Å². The van der Waals surface area contributed by atoms with Gasteiger partial charge in [0, 0.05) is 30.7 Å². The highest BCUT2D eigenvalue weighted by atomic mass is 16.2. The van der Waals surface area contributed by atoms with Crippen molar-refractivity contribution in [1.29, 1.82) is 0 Å². The van der Waals surface area contributed by atoms with Gasteiger partial charge in [-0.25, -0.2) is 4.98 Å². The standard InChI is InChI=1S/C17H16N4O2/c1-11-7-8-21-10-14(20-15(21)9-11)17(23)19-13-5-3-12(4-6-13)16(22)18-2/h3-10H,1-2H3,(H,18,22)(H,19,23). The van der Waals surface area contributed by atoms with Gasteiger partial charge in [-0.1, -0.05) is 0 Å². The minimum atomic E-state index is -0.293. The van der Waals surface area contributed by atoms with Crippen LogP contribution in [0, 0.1) is 6.92 Å². The van der Waals surface area contributed by atoms with Gasteiger partial charge in [0.05, 0.1) is 0 Å². The average molecular weight is 308 g/mol. The van der Waals surface area contributed by atoms with E-state index in [-0.39, 0.29) is 11.8 Å². The van der Waals surface area contributed by atoms with Gasteiger partial charge in [0.1, 0.15) is 11.3 Å². The molecule has 0 aliphatic heterocycles. The summed E-state index contributed by atoms with van der Waals surface area (Å²) in [5.41, 5.74) is 3.29. The molecule has 3 rings (SSSR count). The summed E-state index contributed by atoms with van der Waals surface area (Å²) in [6, 6.07) is 10.5. The summed E-state index contributed by atoms with van der Waals surface area (Å²) in [4.78, 5) is 28.1. The molecule has 0 aliphatic rings. The number of pyridine rings is 1. The largest absolute Gasteiger partial charge is 0.355 e. The molecular formula is C17H16N4O2. The molecule has 0 saturated heterocycles. The number of nitrogens with one attached hydrogen (secondary N) is 2. The first-order valence-corrected chi connectivity index (χ1v) is 7.15. The number of rotatable bonds is 3. The molecule has 2 amide bonds. The van der Waals surface area contributed by atoms with Crippen LogP contribution in [0.5, 0.6) is 0 Å². The Bertz CT molecular complexity index is 881. The van der Waals surface area contributed by atoms with Gasteiger partial charge in [0.15, 0.2) is 0 Å². The SMILES string of the molecule is CNC(=O)c1ccc(NC(=O)c2cn3ccc(C)cc3n2)cc1. The third kappa shape index (κ3) is 3.06. The van der Waals surface area contributed by atoms with Crippen molar-refractivity contribution < 1.29 is 9.59 Å². The highest BCUT2D eigenvalue weighted by molar-refractivity contribution is 6.03. The maximum atomic E-state index is 12.3. The Balaban J connectivity index is 1.78. The molecule has 0 bridgehead atoms. The molecule has 0 radical (unpaired) electrons. The number of benzene rings is 1. The predicted molar refractivity (Wildman–Crippen MR) is 87.7 cm³/mol. The van der Waals surface area contributed by atoms with Crippen molar-refractivity contribution in [3.8, 4) is 0 Å². The van der Waals surface area contributed by atoms with E-state index in [1.807, 2.05) is 25.3 Å². The van der Waals surface area contributed by atoms with Crippen LogP contribution in [0.4, 0.5) is 5.69 Å². The van der Waals surface area contributed by atoms with Crippen LogP contribution in [0.25, 0.3) is 5.65 Å². The summed E-state index contributed by atoms with van der Waals surface area (Å²) < 4.78 is 1.80. The molecule has 6 nitrogen and oxygen atoms in total. The molecule has 2 N–H and O–H groups in total. The van der Waals surface area contributed by atoms with Crippen LogP contribution in [0.2, 0.25) is 0 Å². The minimum absolute atomic E-state index is 0.168. The number of hydrogen-bond acceptors (Lipinski definition) is 3. The van der Waals surface area contributed by atoms with Gasteiger partial charge >= 0.3 is 0 Å². The number of amides is 2. The van der Waals surface area contributed by atoms with Crippen molar-refractivity contribution in [3.05, 3.63) is 65.6 Å². The Kier molecular flexibility index (Phi) is 3.80. The van der Waals surface area contributed by atoms with E-state index in [1.165, 1.54) is 0 Å². The van der Waals surface area contributed by atoms with E-state index in [9.17, 15) is 9.59 Å². The van der Waals surface area contributed by atoms with Crippen LogP contribution >= 0.6 is 0 Å². The number of carbonyl (C=O) groups is 2. The lowest BCUT2D eigenvalue weighted by Crippen LogP contribution is -2.18. The van der Waals surface area contributed by atoms with Gasteiger partial charge < -0.3 is 15.0 Å². The quantitative estimate of drug-likeness (QED) is 0.779. The zero-order valence-electron chi connectivity index (χ0n) is 12.8. The summed E-state index contributed by atoms with van der Waals surface area (Å²) in [5.74, 6) is -0.461. The second-order valence-corrected chi connectivity index (χ2v) is 5.21. The molecular weight excluding hydrogens is 292 g/mol. The first-order valence-electron chi connectivity index (χ1n) is 7.15. The van der Waals surface area contributed by atoms with Crippen molar-refractivity contribution in [1.82, 2.24) is 14.7 Å². The number of anilines is 1. The van der Waals surface area contributed by atoms with Crippen molar-refractivity contribution in [2.75, 3.05) is 12.4 Å². The Hall–Kier alpha value is -3.15. The monoisotopic (exact) mass is 308 g/mol. The average Bonchev–Trinajstić information content (AvgIpc) is 2.98. The Morgan fingerprint density at radius 1 is 1.09 bits per heavy atom. The number of imidazole rings is 1. The Morgan fingerprint density at radius 3 is 2.52 bits per heavy atom. The Morgan fingerprint density at radius 2 is 1.83 bits per heavy atom. The van der Waals surface area contributed by atoms with E-state index in [4.69, 9.17) is 0 Å². The van der Waals surface area contributed by atoms with Crippen molar-refractivity contribution in [2.45, 2.75) is 6.92 Å². The fourth-order valence-corrected chi connectivity index (χ4v) is 2.24. The molecule has 23 heavy (non-hydrogen) atoms. The van der Waals surface area contributed by atoms with Crippen LogP contribution in [0.1, 0.15) is 26.4 Å². The first-order chi connectivity index (χ1) is 11.1. The molecule has 3 aromatic rings. The van der Waals surface area contributed by atoms with Gasteiger partial charge in [0.2, 0.25) is 0 Å². The molecule has 1 aromatic carbocycles. The summed E-state index contributed by atoms with van der Waals surface area (Å²) in [6.45, 7) is 1.97. The van der Waals surface area contributed by atoms with E-state index < -0.39 is 0 Å². The molecule has 0 unspecified atom stereocenters. The van der Waals surface area contributed by atoms with Gasteiger partial charge in [-0.05, 0) is 48.9 Å². The van der Waals surface area contributed by atoms with E-state index in [1.54, 1.807) is 41.9 Å². The molecule has 6 heteroatoms. The number of carbonyl (C=O) groups excluding carboxylic acids is 2. The van der Waals surface area contributed by atoms with Crippen LogP contribution in [-0.2, 0) is 0 Å². The number of fused-ring (bicyclic) bond motifs is 1. The second-order valence-electron chi connectivity index (χ2n) is 5.21. The van der Waals surface area contributed by atoms with Gasteiger partial charge in [-0.15, -0.1) is 0 Å². The van der Waals surface area contributed by atoms with E-state index in [0.717, 1.165) is 11.2 Å². The van der Waals surface area contributed by atoms with Crippen molar-refractivity contribution in [2.24, 2.45) is 0 Å². The fraction of sp³-hybridized carbons (Fsp3) is 0.118. The third-order valence-electron chi connectivity index (χ3n) is 3.48. The summed E-state index contributed by atoms with van der Waals surface area (Å²) in [6.07, 6.45) is 3.55. The zero-order valence-corrected chi connectivity index (χ0v) is 12.8. The predicted octanol–water partition coefficient (Wildman–Crippen LogP) is 2.25. The van der Waals surface area contributed by atoms with Crippen LogP contribution in [-0.4, -0.2) is 28.2 Å². The highest BCUT2D eigenvalue weighted by Gasteiger charge is 2.11. The topological polar surface area (TPSA) is 75.5 Å². The Labute approximate surface area is 133 Å². The maximum Gasteiger partial charge on any atom is 0.275 e. The molecule has 0 fully saturated rings. The van der Waals surface area contributed by atoms with Gasteiger partial charge in [0.25, 0.3) is 11.8 Å². The van der Waals surface area contributed by atoms with Crippen molar-refractivity contribution >= 4 is 23.1 Å². The highest BCUT2D eigenvalue weighted by Crippen LogP contribution is 2.13. The lowest BCUT2D eigenvalue weighted by Gasteiger charge is -2.04. The van der Waals surface area contributed by atoms with E-state index >= 15 is 0 Å². The van der Waals surface area contributed by atoms with Gasteiger partial charge in [-0.3, -0.25) is 9.59 Å². The van der Waals surface area contributed by atoms with Crippen LogP contribution < -0.4 is 10.6 Å². The maximum absolute atomic E-state index is 12.3. The zero-order chi connectivity index (χ0) is 16.4. The van der Waals surface area contributed by atoms with Gasteiger partial charge in [-0.2, -0.15) is 0 Å². The second kappa shape index (κ2) is 5.92. The molecule has 2 heterocycles. The van der Waals surface area contributed by atoms with Crippen LogP contribution in [0.15, 0.2) is 48.8 Å². The lowest BCUT2D eigenvalue weighted by atomic mass is 10.2. The molecule has 0 spiro atoms. The molecule has 116 valence electrons. The number of hydrogen-bond donors (Lipinski definition) is 2. The molecule has 0 aliphatic carbocycles. The molecule has 0 atom stereocenters. The van der Waals surface area contributed by atoms with E-state index in [2.05, 4.69) is 15.6 Å². The van der Waals surface area contributed by atoms with Crippen LogP contribution in [0.3, 0.4) is 0 Å². The smallest absolute Gasteiger partial charge is 0.275 e. The minimum Gasteiger partial charge on any atom is -0.355 e. The third-order valence-corrected chi connectivity index (χ3v) is 3.48. The van der Waals surface area contributed by atoms with Crippen molar-refractivity contribution in [3.63, 3.8) is 0 Å². The lowest BCUT2D eigenvalue weighted by molar-refractivity contribution is 0.0962. The number of aryl methyl sites for hydroxylation is 1. The molecule has 0 saturated carbocycles. The number of nitrogens with zero attached hydrogens (tertiary/aromatic N) is 2. The first kappa shape index (κ1) is 14.8. The normalized spacial score (nSPS) is 10.5. The summed E-state index contributed by atoms with van der Waals surface area (Å²) >= 11 is 0. The fourth-order valence-electron chi connectivity index (χ4n) is 2.24. The molecule has 2 aromatic heterocycles. The summed E-state index contributed by atoms with van der Waals surface area (Å²) in [5, 5.41) is 5.32. The summed E-state index contributed by atoms with van der Waals surface area (Å²) in [7, 11) is 1.57.